The number of fused-ring (bicyclic) bond motifs is 2. The molecule has 2 fully saturated rings. The van der Waals surface area contributed by atoms with Crippen molar-refractivity contribution in [1.29, 1.82) is 0 Å². The Bertz CT molecular complexity index is 322. The van der Waals surface area contributed by atoms with E-state index in [1.54, 1.807) is 0 Å². The molecule has 0 saturated carbocycles. The fraction of sp³-hybridized carbons (Fsp3) is 0.917. The zero-order chi connectivity index (χ0) is 11.4. The third-order valence-electron chi connectivity index (χ3n) is 5.01. The Balaban J connectivity index is 1.79. The van der Waals surface area contributed by atoms with Gasteiger partial charge >= 0.3 is 0 Å². The predicted octanol–water partition coefficient (Wildman–Crippen LogP) is 0.895. The van der Waals surface area contributed by atoms with Gasteiger partial charge in [-0.1, -0.05) is 5.16 Å². The second-order valence-electron chi connectivity index (χ2n) is 6.19. The molecule has 3 aliphatic rings. The van der Waals surface area contributed by atoms with E-state index >= 15 is 0 Å². The summed E-state index contributed by atoms with van der Waals surface area (Å²) in [5.41, 5.74) is 0.754. The largest absolute Gasteiger partial charge is 0.390 e. The highest BCUT2D eigenvalue weighted by Gasteiger charge is 2.57. The first kappa shape index (κ1) is 10.5. The van der Waals surface area contributed by atoms with Crippen LogP contribution in [0.25, 0.3) is 0 Å². The highest BCUT2D eigenvalue weighted by Crippen LogP contribution is 2.48. The van der Waals surface area contributed by atoms with Crippen LogP contribution in [-0.2, 0) is 4.84 Å². The van der Waals surface area contributed by atoms with Crippen LogP contribution in [0.4, 0.5) is 0 Å². The second-order valence-corrected chi connectivity index (χ2v) is 6.19. The maximum absolute atomic E-state index is 9.12. The molecule has 0 radical (unpaired) electrons. The summed E-state index contributed by atoms with van der Waals surface area (Å²) in [4.78, 5) is 5.68. The molecule has 0 aromatic carbocycles. The topological polar surface area (TPSA) is 41.8 Å². The summed E-state index contributed by atoms with van der Waals surface area (Å²) in [6.45, 7) is 0.0509. The Kier molecular flexibility index (Phi) is 2.11. The van der Waals surface area contributed by atoms with Gasteiger partial charge in [0.15, 0.2) is 5.60 Å². The van der Waals surface area contributed by atoms with Crippen molar-refractivity contribution in [2.24, 2.45) is 5.16 Å². The molecule has 3 atom stereocenters. The van der Waals surface area contributed by atoms with Gasteiger partial charge in [0, 0.05) is 32.1 Å². The Morgan fingerprint density at radius 3 is 2.50 bits per heavy atom. The molecule has 3 aliphatic heterocycles. The van der Waals surface area contributed by atoms with Crippen molar-refractivity contribution in [2.75, 3.05) is 20.7 Å². The molecule has 16 heavy (non-hydrogen) atoms. The Morgan fingerprint density at radius 1 is 1.38 bits per heavy atom. The number of hydrogen-bond acceptors (Lipinski definition) is 3. The molecule has 0 aromatic heterocycles. The SMILES string of the molecule is C[N+]1(C)[C@@H]2CC[C@H]1CC1(CC(CO)=NO1)C2. The highest BCUT2D eigenvalue weighted by molar-refractivity contribution is 5.87. The van der Waals surface area contributed by atoms with Crippen molar-refractivity contribution in [1.82, 2.24) is 0 Å². The second kappa shape index (κ2) is 3.20. The fourth-order valence-electron chi connectivity index (χ4n) is 3.87. The van der Waals surface area contributed by atoms with Crippen LogP contribution in [0.5, 0.6) is 0 Å². The van der Waals surface area contributed by atoms with Crippen molar-refractivity contribution >= 4 is 5.71 Å². The molecular weight excluding hydrogens is 204 g/mol. The van der Waals surface area contributed by atoms with E-state index in [-0.39, 0.29) is 12.2 Å². The molecule has 0 aliphatic carbocycles. The smallest absolute Gasteiger partial charge is 0.154 e. The minimum Gasteiger partial charge on any atom is -0.390 e. The van der Waals surface area contributed by atoms with Crippen molar-refractivity contribution < 1.29 is 14.4 Å². The molecule has 0 aromatic rings. The molecule has 1 unspecified atom stereocenters. The monoisotopic (exact) mass is 225 g/mol. The molecular formula is C12H21N2O2+. The molecule has 2 bridgehead atoms. The lowest BCUT2D eigenvalue weighted by Crippen LogP contribution is -2.59. The Hall–Kier alpha value is -0.610. The van der Waals surface area contributed by atoms with Crippen LogP contribution in [0, 0.1) is 0 Å². The van der Waals surface area contributed by atoms with Crippen molar-refractivity contribution in [3.05, 3.63) is 0 Å². The van der Waals surface area contributed by atoms with Crippen molar-refractivity contribution in [3.8, 4) is 0 Å². The zero-order valence-electron chi connectivity index (χ0n) is 10.1. The van der Waals surface area contributed by atoms with Gasteiger partial charge in [-0.15, -0.1) is 0 Å². The van der Waals surface area contributed by atoms with Gasteiger partial charge in [-0.3, -0.25) is 0 Å². The zero-order valence-corrected chi connectivity index (χ0v) is 10.1. The van der Waals surface area contributed by atoms with Gasteiger partial charge in [0.25, 0.3) is 0 Å². The third-order valence-corrected chi connectivity index (χ3v) is 5.01. The van der Waals surface area contributed by atoms with Crippen LogP contribution in [0.15, 0.2) is 5.16 Å². The van der Waals surface area contributed by atoms with Gasteiger partial charge in [0.05, 0.1) is 38.5 Å². The normalized spacial score (nSPS) is 44.6. The Labute approximate surface area is 96.5 Å². The summed E-state index contributed by atoms with van der Waals surface area (Å²) >= 11 is 0. The number of aliphatic hydroxyl groups is 1. The number of nitrogens with zero attached hydrogens (tertiary/aromatic N) is 2. The third kappa shape index (κ3) is 1.32. The lowest BCUT2D eigenvalue weighted by Gasteiger charge is -2.47. The van der Waals surface area contributed by atoms with E-state index in [9.17, 15) is 0 Å². The van der Waals surface area contributed by atoms with Crippen LogP contribution in [-0.4, -0.2) is 53.7 Å². The number of oxime groups is 1. The number of piperidine rings is 1. The highest BCUT2D eigenvalue weighted by atomic mass is 16.7. The summed E-state index contributed by atoms with van der Waals surface area (Å²) in [5.74, 6) is 0. The van der Waals surface area contributed by atoms with Crippen LogP contribution in [0.1, 0.15) is 32.1 Å². The maximum atomic E-state index is 9.12. The molecule has 4 nitrogen and oxygen atoms in total. The van der Waals surface area contributed by atoms with Gasteiger partial charge in [0.1, 0.15) is 0 Å². The molecule has 3 heterocycles. The van der Waals surface area contributed by atoms with Crippen LogP contribution >= 0.6 is 0 Å². The maximum Gasteiger partial charge on any atom is 0.154 e. The van der Waals surface area contributed by atoms with E-state index in [2.05, 4.69) is 19.3 Å². The fourth-order valence-corrected chi connectivity index (χ4v) is 3.87. The van der Waals surface area contributed by atoms with E-state index in [4.69, 9.17) is 9.94 Å². The first-order valence-corrected chi connectivity index (χ1v) is 6.24. The molecule has 4 heteroatoms. The number of quaternary nitrogens is 1. The van der Waals surface area contributed by atoms with E-state index < -0.39 is 0 Å². The van der Waals surface area contributed by atoms with E-state index in [0.717, 1.165) is 29.5 Å². The van der Waals surface area contributed by atoms with Gasteiger partial charge in [-0.2, -0.15) is 0 Å². The standard InChI is InChI=1S/C12H21N2O2/c1-14(2)10-3-4-11(14)7-12(6-10)5-9(8-15)13-16-12/h10-11,15H,3-8H2,1-2H3/q+1/t10-,11+,12?. The van der Waals surface area contributed by atoms with Crippen LogP contribution in [0.3, 0.4) is 0 Å². The molecule has 1 N–H and O–H groups in total. The number of aliphatic hydroxyl groups excluding tert-OH is 1. The molecule has 2 saturated heterocycles. The number of hydrogen-bond donors (Lipinski definition) is 1. The lowest BCUT2D eigenvalue weighted by molar-refractivity contribution is -0.932. The predicted molar refractivity (Wildman–Crippen MR) is 61.1 cm³/mol. The van der Waals surface area contributed by atoms with Crippen LogP contribution < -0.4 is 0 Å². The van der Waals surface area contributed by atoms with E-state index in [1.165, 1.54) is 12.8 Å². The minimum absolute atomic E-state index is 0.0509. The summed E-state index contributed by atoms with van der Waals surface area (Å²) in [6, 6.07) is 1.43. The van der Waals surface area contributed by atoms with Gasteiger partial charge in [0.2, 0.25) is 0 Å². The Morgan fingerprint density at radius 2 is 2.00 bits per heavy atom. The molecule has 0 amide bonds. The van der Waals surface area contributed by atoms with Crippen molar-refractivity contribution in [2.45, 2.75) is 49.8 Å². The van der Waals surface area contributed by atoms with Crippen molar-refractivity contribution in [3.63, 3.8) is 0 Å². The molecule has 3 rings (SSSR count). The first-order chi connectivity index (χ1) is 7.56. The molecule has 1 spiro atoms. The lowest BCUT2D eigenvalue weighted by atomic mass is 9.81. The molecule has 90 valence electrons. The first-order valence-electron chi connectivity index (χ1n) is 6.24. The summed E-state index contributed by atoms with van der Waals surface area (Å²) in [5, 5.41) is 13.2. The average molecular weight is 225 g/mol. The average Bonchev–Trinajstić information content (AvgIpc) is 2.65. The summed E-state index contributed by atoms with van der Waals surface area (Å²) in [7, 11) is 4.69. The van der Waals surface area contributed by atoms with E-state index in [0.29, 0.717) is 12.1 Å². The summed E-state index contributed by atoms with van der Waals surface area (Å²) in [6.07, 6.45) is 5.68. The van der Waals surface area contributed by atoms with Crippen LogP contribution in [0.2, 0.25) is 0 Å². The van der Waals surface area contributed by atoms with Gasteiger partial charge in [-0.25, -0.2) is 0 Å². The van der Waals surface area contributed by atoms with Gasteiger partial charge in [-0.05, 0) is 0 Å². The summed E-state index contributed by atoms with van der Waals surface area (Å²) < 4.78 is 1.15. The van der Waals surface area contributed by atoms with E-state index in [1.807, 2.05) is 0 Å². The quantitative estimate of drug-likeness (QED) is 0.674. The number of rotatable bonds is 1. The van der Waals surface area contributed by atoms with Gasteiger partial charge < -0.3 is 14.4 Å². The minimum atomic E-state index is -0.0718.